The SMILES string of the molecule is CCc1c2c(nc3ccc(OC(=O)N4CCC(N5CCCCC5)CC4)cc13)-c1cc3c(c(=O)n1C2)COC(=O)C3(CC)OC(=O)CNC(=O)C1CCC(CN2C(=O)C=CC2=O)CC1.CCc1c2c(nc3ccc(OC(=O)N4CCC(N5CCCCC5)CC4)cc13)-c1cc3c(c(=O)n1C2)COC(=O)C3(O)CC. The van der Waals surface area contributed by atoms with Crippen molar-refractivity contribution in [3.05, 3.63) is 126 Å². The minimum absolute atomic E-state index is 0.0286. The monoisotopic (exact) mass is 1450 g/mol. The van der Waals surface area contributed by atoms with Gasteiger partial charge in [-0.3, -0.25) is 33.7 Å². The first-order chi connectivity index (χ1) is 51.3. The van der Waals surface area contributed by atoms with Crippen LogP contribution in [0.25, 0.3) is 44.6 Å². The Morgan fingerprint density at radius 1 is 0.557 bits per heavy atom. The van der Waals surface area contributed by atoms with E-state index in [2.05, 4.69) is 22.0 Å². The Balaban J connectivity index is 0.000000182. The number of rotatable bonds is 14. The Kier molecular flexibility index (Phi) is 20.1. The van der Waals surface area contributed by atoms with Crippen molar-refractivity contribution in [3.8, 4) is 34.3 Å². The predicted octanol–water partition coefficient (Wildman–Crippen LogP) is 8.58. The normalized spacial score (nSPS) is 23.0. The zero-order valence-corrected chi connectivity index (χ0v) is 60.8. The maximum Gasteiger partial charge on any atom is 0.415 e. The van der Waals surface area contributed by atoms with Crippen molar-refractivity contribution in [1.82, 2.24) is 48.9 Å². The lowest BCUT2D eigenvalue weighted by Crippen LogP contribution is -2.49. The van der Waals surface area contributed by atoms with E-state index in [4.69, 9.17) is 33.7 Å². The quantitative estimate of drug-likeness (QED) is 0.0585. The van der Waals surface area contributed by atoms with E-state index in [0.717, 1.165) is 77.3 Å². The summed E-state index contributed by atoms with van der Waals surface area (Å²) in [5, 5.41) is 15.5. The standard InChI is InChI=1S/C47H54N6O10.C33H38N4O6/c1-3-32-33-22-31(62-46(60)51-20-16-30(17-21-51)50-18-6-5-7-19-50)12-13-37(33)49-42-34(32)26-52-38(42)23-36-35(44(52)58)27-61-45(59)47(36,4-2)63-41(56)24-48-43(57)29-10-8-28(9-11-29)25-53-39(54)14-15-40(53)55;1-3-22-23-16-21(43-32(40)36-14-10-20(11-15-36)35-12-6-5-7-13-35)8-9-27(23)34-29-24(22)18-37-28(29)17-26-25(30(37)38)19-42-31(39)33(26,41)4-2/h12-15,22-23,28-30H,3-11,16-21,24-27H2,1-2H3,(H,48,57);8-9,16-17,20,41H,3-7,10-15,18-19H2,1-2H3. The van der Waals surface area contributed by atoms with Crippen molar-refractivity contribution in [1.29, 1.82) is 0 Å². The van der Waals surface area contributed by atoms with Crippen LogP contribution in [0.15, 0.2) is 70.3 Å². The fourth-order valence-corrected chi connectivity index (χ4v) is 18.1. The van der Waals surface area contributed by atoms with Crippen molar-refractivity contribution in [2.45, 2.75) is 193 Å². The van der Waals surface area contributed by atoms with Crippen molar-refractivity contribution in [2.75, 3.05) is 65.4 Å². The molecule has 10 aliphatic rings. The highest BCUT2D eigenvalue weighted by atomic mass is 16.6. The lowest BCUT2D eigenvalue weighted by Gasteiger charge is -2.39. The molecule has 16 rings (SSSR count). The zero-order valence-electron chi connectivity index (χ0n) is 60.8. The molecule has 2 N–H and O–H groups in total. The molecule has 13 heterocycles. The van der Waals surface area contributed by atoms with E-state index in [1.165, 1.54) is 68.7 Å². The molecule has 4 aromatic heterocycles. The second kappa shape index (κ2) is 29.6. The number of carbonyl (C=O) groups is 8. The number of esters is 3. The van der Waals surface area contributed by atoms with Crippen LogP contribution in [-0.2, 0) is 93.3 Å². The summed E-state index contributed by atoms with van der Waals surface area (Å²) in [6.07, 6.45) is 17.0. The molecule has 558 valence electrons. The number of piperidine rings is 4. The topological polar surface area (TPSA) is 301 Å². The van der Waals surface area contributed by atoms with E-state index in [0.29, 0.717) is 141 Å². The number of nitrogens with zero attached hydrogens (tertiary/aromatic N) is 9. The molecule has 5 fully saturated rings. The molecule has 4 saturated heterocycles. The number of aryl methyl sites for hydroxylation is 2. The summed E-state index contributed by atoms with van der Waals surface area (Å²) in [7, 11) is 0. The van der Waals surface area contributed by atoms with E-state index in [9.17, 15) is 53.1 Å². The van der Waals surface area contributed by atoms with Crippen LogP contribution >= 0.6 is 0 Å². The Morgan fingerprint density at radius 3 is 1.50 bits per heavy atom. The molecule has 106 heavy (non-hydrogen) atoms. The molecule has 0 spiro atoms. The molecule has 0 bridgehead atoms. The molecule has 2 aromatic carbocycles. The largest absolute Gasteiger partial charge is 0.458 e. The molecule has 2 unspecified atom stereocenters. The summed E-state index contributed by atoms with van der Waals surface area (Å²) in [6.45, 7) is 14.7. The fourth-order valence-electron chi connectivity index (χ4n) is 18.1. The number of nitrogens with one attached hydrogen (secondary N) is 1. The van der Waals surface area contributed by atoms with E-state index in [-0.39, 0.29) is 96.6 Å². The Bertz CT molecular complexity index is 4720. The number of imide groups is 1. The highest BCUT2D eigenvalue weighted by molar-refractivity contribution is 6.13. The van der Waals surface area contributed by atoms with E-state index in [1.807, 2.05) is 36.1 Å². The number of hydrogen-bond acceptors (Lipinski definition) is 20. The van der Waals surface area contributed by atoms with Gasteiger partial charge in [0.05, 0.1) is 58.0 Å². The van der Waals surface area contributed by atoms with E-state index in [1.54, 1.807) is 52.1 Å². The van der Waals surface area contributed by atoms with Gasteiger partial charge in [-0.25, -0.2) is 29.1 Å². The molecule has 0 radical (unpaired) electrons. The second-order valence-corrected chi connectivity index (χ2v) is 30.0. The molecular formula is C80H92N10O16. The average Bonchev–Trinajstić information content (AvgIpc) is 1.53. The maximum atomic E-state index is 14.3. The van der Waals surface area contributed by atoms with Crippen LogP contribution in [0.4, 0.5) is 9.59 Å². The van der Waals surface area contributed by atoms with Gasteiger partial charge in [0.25, 0.3) is 22.9 Å². The number of ether oxygens (including phenoxy) is 5. The summed E-state index contributed by atoms with van der Waals surface area (Å²) in [5.41, 5.74) is 4.00. The smallest absolute Gasteiger partial charge is 0.415 e. The molecule has 5 amide bonds. The van der Waals surface area contributed by atoms with Crippen LogP contribution in [0.5, 0.6) is 11.5 Å². The van der Waals surface area contributed by atoms with Gasteiger partial charge in [-0.1, -0.05) is 40.5 Å². The van der Waals surface area contributed by atoms with Crippen LogP contribution in [0, 0.1) is 11.8 Å². The Morgan fingerprint density at radius 2 is 1.03 bits per heavy atom. The molecule has 1 aliphatic carbocycles. The van der Waals surface area contributed by atoms with Gasteiger partial charge >= 0.3 is 30.1 Å². The molecule has 9 aliphatic heterocycles. The van der Waals surface area contributed by atoms with Crippen LogP contribution < -0.4 is 25.9 Å². The third-order valence-corrected chi connectivity index (χ3v) is 24.2. The van der Waals surface area contributed by atoms with Gasteiger partial charge in [0, 0.05) is 95.9 Å². The van der Waals surface area contributed by atoms with Crippen molar-refractivity contribution in [3.63, 3.8) is 0 Å². The second-order valence-electron chi connectivity index (χ2n) is 30.0. The number of pyridine rings is 4. The van der Waals surface area contributed by atoms with Gasteiger partial charge < -0.3 is 62.8 Å². The van der Waals surface area contributed by atoms with Gasteiger partial charge in [0.1, 0.15) is 31.3 Å². The number of carbonyl (C=O) groups excluding carboxylic acids is 8. The summed E-state index contributed by atoms with van der Waals surface area (Å²) in [4.78, 5) is 151. The summed E-state index contributed by atoms with van der Waals surface area (Å²) in [5.74, 6) is -2.78. The van der Waals surface area contributed by atoms with Crippen LogP contribution in [0.2, 0.25) is 0 Å². The predicted molar refractivity (Wildman–Crippen MR) is 388 cm³/mol. The first kappa shape index (κ1) is 71.9. The summed E-state index contributed by atoms with van der Waals surface area (Å²) < 4.78 is 31.7. The first-order valence-corrected chi connectivity index (χ1v) is 38.3. The van der Waals surface area contributed by atoms with Gasteiger partial charge in [-0.05, 0) is 194 Å². The van der Waals surface area contributed by atoms with Crippen LogP contribution in [0.1, 0.15) is 175 Å². The average molecular weight is 1450 g/mol. The molecule has 1 saturated carbocycles. The fraction of sp³-hybridized carbons (Fsp3) is 0.525. The van der Waals surface area contributed by atoms with E-state index < -0.39 is 35.7 Å². The van der Waals surface area contributed by atoms with Crippen molar-refractivity contribution >= 4 is 69.6 Å². The van der Waals surface area contributed by atoms with Gasteiger partial charge in [0.15, 0.2) is 5.60 Å². The number of likely N-dealkylation sites (tertiary alicyclic amines) is 4. The summed E-state index contributed by atoms with van der Waals surface area (Å²) in [6, 6.07) is 15.4. The zero-order chi connectivity index (χ0) is 73.9. The lowest BCUT2D eigenvalue weighted by molar-refractivity contribution is -0.189. The third kappa shape index (κ3) is 13.2. The number of cyclic esters (lactones) is 2. The van der Waals surface area contributed by atoms with Gasteiger partial charge in [-0.2, -0.15) is 0 Å². The van der Waals surface area contributed by atoms with Gasteiger partial charge in [-0.15, -0.1) is 0 Å². The molecule has 26 nitrogen and oxygen atoms in total. The summed E-state index contributed by atoms with van der Waals surface area (Å²) >= 11 is 0. The number of aromatic nitrogens is 4. The molecule has 26 heteroatoms. The van der Waals surface area contributed by atoms with Crippen molar-refractivity contribution in [2.24, 2.45) is 11.8 Å². The highest BCUT2D eigenvalue weighted by Gasteiger charge is 2.51. The molecular weight excluding hydrogens is 1360 g/mol. The minimum Gasteiger partial charge on any atom is -0.458 e. The molecule has 6 aromatic rings. The number of benzene rings is 2. The first-order valence-electron chi connectivity index (χ1n) is 38.3. The minimum atomic E-state index is -1.93. The maximum absolute atomic E-state index is 14.3. The third-order valence-electron chi connectivity index (χ3n) is 24.2. The lowest BCUT2D eigenvalue weighted by atomic mass is 9.81. The highest BCUT2D eigenvalue weighted by Crippen LogP contribution is 2.45. The van der Waals surface area contributed by atoms with Crippen LogP contribution in [0.3, 0.4) is 0 Å². The number of amides is 5. The number of hydrogen-bond donors (Lipinski definition) is 2. The van der Waals surface area contributed by atoms with Crippen molar-refractivity contribution < 1.29 is 67.1 Å². The van der Waals surface area contributed by atoms with E-state index >= 15 is 0 Å². The Hall–Kier alpha value is -9.66. The number of fused-ring (bicyclic) bond motifs is 10. The molecule has 2 atom stereocenters. The van der Waals surface area contributed by atoms with Crippen LogP contribution in [-0.4, -0.2) is 174 Å². The Labute approximate surface area is 613 Å². The van der Waals surface area contributed by atoms with Gasteiger partial charge in [0.2, 0.25) is 11.5 Å². The number of aliphatic hydroxyl groups is 1.